The minimum Gasteiger partial charge on any atom is -0.360 e. The van der Waals surface area contributed by atoms with Gasteiger partial charge in [-0.05, 0) is 6.92 Å². The molecule has 1 aliphatic rings. The second-order valence-electron chi connectivity index (χ2n) is 1.55. The van der Waals surface area contributed by atoms with E-state index in [2.05, 4.69) is 0 Å². The van der Waals surface area contributed by atoms with Crippen LogP contribution in [0, 0.1) is 0 Å². The maximum atomic E-state index is 8.36. The third-order valence-corrected chi connectivity index (χ3v) is 1.90. The van der Waals surface area contributed by atoms with Gasteiger partial charge < -0.3 is 14.5 Å². The van der Waals surface area contributed by atoms with Crippen LogP contribution in [-0.2, 0) is 4.74 Å². The van der Waals surface area contributed by atoms with Crippen LogP contribution in [0.2, 0.25) is 0 Å². The second kappa shape index (κ2) is 1.67. The number of ether oxygens (including phenoxy) is 1. The van der Waals surface area contributed by atoms with Crippen molar-refractivity contribution in [2.75, 3.05) is 0 Å². The van der Waals surface area contributed by atoms with Crippen molar-refractivity contribution in [3.63, 3.8) is 0 Å². The van der Waals surface area contributed by atoms with Crippen LogP contribution < -0.4 is 0 Å². The highest BCUT2D eigenvalue weighted by Crippen LogP contribution is 2.45. The summed E-state index contributed by atoms with van der Waals surface area (Å²) in [5, 5.41) is 0. The van der Waals surface area contributed by atoms with E-state index in [0.717, 1.165) is 0 Å². The highest BCUT2D eigenvalue weighted by molar-refractivity contribution is 7.46. The molecule has 0 aliphatic carbocycles. The molecular formula is C3H7O3P. The Labute approximate surface area is 42.8 Å². The van der Waals surface area contributed by atoms with Crippen molar-refractivity contribution in [1.29, 1.82) is 0 Å². The quantitative estimate of drug-likeness (QED) is 0.381. The smallest absolute Gasteiger partial charge is 0.198 e. The lowest BCUT2D eigenvalue weighted by atomic mass is 10.6. The molecule has 7 heavy (non-hydrogen) atoms. The fourth-order valence-electron chi connectivity index (χ4n) is 0.417. The van der Waals surface area contributed by atoms with Gasteiger partial charge in [0.2, 0.25) is 0 Å². The monoisotopic (exact) mass is 122 g/mol. The highest BCUT2D eigenvalue weighted by atomic mass is 31.2. The van der Waals surface area contributed by atoms with E-state index < -0.39 is 8.38 Å². The molecule has 1 heterocycles. The zero-order valence-electron chi connectivity index (χ0n) is 3.90. The van der Waals surface area contributed by atoms with Crippen LogP contribution in [0.15, 0.2) is 0 Å². The lowest BCUT2D eigenvalue weighted by Crippen LogP contribution is -1.83. The van der Waals surface area contributed by atoms with Crippen LogP contribution in [0.3, 0.4) is 0 Å². The fourth-order valence-corrected chi connectivity index (χ4v) is 1.09. The maximum absolute atomic E-state index is 8.36. The third-order valence-electron chi connectivity index (χ3n) is 0.907. The predicted octanol–water partition coefficient (Wildman–Crippen LogP) is 0.0277. The lowest BCUT2D eigenvalue weighted by Gasteiger charge is -1.90. The zero-order chi connectivity index (χ0) is 5.44. The molecule has 0 aromatic heterocycles. The van der Waals surface area contributed by atoms with Gasteiger partial charge in [-0.2, -0.15) is 0 Å². The molecule has 1 saturated heterocycles. The topological polar surface area (TPSA) is 53.0 Å². The summed E-state index contributed by atoms with van der Waals surface area (Å²) in [6.45, 7) is 1.81. The summed E-state index contributed by atoms with van der Waals surface area (Å²) in [7, 11) is -1.81. The Kier molecular flexibility index (Phi) is 1.30. The molecule has 0 amide bonds. The van der Waals surface area contributed by atoms with Crippen LogP contribution >= 0.6 is 8.38 Å². The van der Waals surface area contributed by atoms with E-state index in [9.17, 15) is 0 Å². The molecule has 2 atom stereocenters. The standard InChI is InChI=1S/C3H7O3P/c1-2-3(6-2)7(4)5/h2-5H,1H3/t2-,3-/m0/s1. The van der Waals surface area contributed by atoms with Crippen LogP contribution in [0.25, 0.3) is 0 Å². The Bertz CT molecular complexity index is 74.6. The lowest BCUT2D eigenvalue weighted by molar-refractivity contribution is 0.385. The van der Waals surface area contributed by atoms with E-state index in [-0.39, 0.29) is 11.9 Å². The van der Waals surface area contributed by atoms with Gasteiger partial charge in [-0.1, -0.05) is 0 Å². The Balaban J connectivity index is 2.20. The van der Waals surface area contributed by atoms with Crippen LogP contribution in [0.4, 0.5) is 0 Å². The van der Waals surface area contributed by atoms with Crippen LogP contribution in [0.5, 0.6) is 0 Å². The molecule has 0 unspecified atom stereocenters. The summed E-state index contributed by atoms with van der Waals surface area (Å²) in [5.41, 5.74) is 0. The van der Waals surface area contributed by atoms with E-state index in [1.807, 2.05) is 6.92 Å². The molecule has 0 aromatic carbocycles. The first-order chi connectivity index (χ1) is 3.22. The van der Waals surface area contributed by atoms with Crippen molar-refractivity contribution >= 4 is 8.38 Å². The normalized spacial score (nSPS) is 39.4. The van der Waals surface area contributed by atoms with Crippen molar-refractivity contribution in [3.05, 3.63) is 0 Å². The summed E-state index contributed by atoms with van der Waals surface area (Å²) in [6, 6.07) is 0. The molecule has 42 valence electrons. The largest absolute Gasteiger partial charge is 0.360 e. The highest BCUT2D eigenvalue weighted by Gasteiger charge is 2.40. The number of rotatable bonds is 1. The summed E-state index contributed by atoms with van der Waals surface area (Å²) < 4.78 is 4.71. The van der Waals surface area contributed by atoms with Gasteiger partial charge in [0.1, 0.15) is 0 Å². The van der Waals surface area contributed by atoms with Gasteiger partial charge in [0, 0.05) is 0 Å². The summed E-state index contributed by atoms with van der Waals surface area (Å²) >= 11 is 0. The van der Waals surface area contributed by atoms with Gasteiger partial charge in [-0.15, -0.1) is 0 Å². The van der Waals surface area contributed by atoms with Crippen molar-refractivity contribution in [2.45, 2.75) is 18.9 Å². The first-order valence-corrected chi connectivity index (χ1v) is 3.36. The number of hydrogen-bond acceptors (Lipinski definition) is 3. The molecule has 1 rings (SSSR count). The Hall–Kier alpha value is 0.310. The number of epoxide rings is 1. The summed E-state index contributed by atoms with van der Waals surface area (Å²) in [6.07, 6.45) is 0.0705. The Morgan fingerprint density at radius 1 is 1.57 bits per heavy atom. The maximum Gasteiger partial charge on any atom is 0.198 e. The second-order valence-corrected chi connectivity index (χ2v) is 2.70. The van der Waals surface area contributed by atoms with E-state index in [4.69, 9.17) is 14.5 Å². The average molecular weight is 122 g/mol. The van der Waals surface area contributed by atoms with Crippen LogP contribution in [-0.4, -0.2) is 21.7 Å². The Morgan fingerprint density at radius 3 is 2.00 bits per heavy atom. The van der Waals surface area contributed by atoms with Crippen molar-refractivity contribution in [3.8, 4) is 0 Å². The molecule has 0 bridgehead atoms. The predicted molar refractivity (Wildman–Crippen MR) is 25.7 cm³/mol. The number of hydrogen-bond donors (Lipinski definition) is 2. The van der Waals surface area contributed by atoms with E-state index in [1.165, 1.54) is 0 Å². The molecule has 0 radical (unpaired) electrons. The molecule has 1 fully saturated rings. The van der Waals surface area contributed by atoms with Gasteiger partial charge >= 0.3 is 0 Å². The fraction of sp³-hybridized carbons (Fsp3) is 1.00. The molecule has 3 nitrogen and oxygen atoms in total. The minimum absolute atomic E-state index is 0.0705. The third kappa shape index (κ3) is 1.10. The Morgan fingerprint density at radius 2 is 2.00 bits per heavy atom. The molecule has 0 aromatic rings. The SMILES string of the molecule is C[C@@H]1O[C@H]1P(O)O. The van der Waals surface area contributed by atoms with Gasteiger partial charge in [-0.25, -0.2) is 0 Å². The average Bonchev–Trinajstić information content (AvgIpc) is 2.17. The first-order valence-electron chi connectivity index (χ1n) is 2.04. The van der Waals surface area contributed by atoms with Gasteiger partial charge in [0.25, 0.3) is 0 Å². The minimum atomic E-state index is -1.81. The van der Waals surface area contributed by atoms with E-state index in [1.54, 1.807) is 0 Å². The molecule has 4 heteroatoms. The molecular weight excluding hydrogens is 115 g/mol. The van der Waals surface area contributed by atoms with Crippen LogP contribution in [0.1, 0.15) is 6.92 Å². The van der Waals surface area contributed by atoms with Gasteiger partial charge in [-0.3, -0.25) is 0 Å². The van der Waals surface area contributed by atoms with Crippen molar-refractivity contribution in [2.24, 2.45) is 0 Å². The molecule has 1 aliphatic heterocycles. The zero-order valence-corrected chi connectivity index (χ0v) is 4.80. The van der Waals surface area contributed by atoms with Gasteiger partial charge in [0.05, 0.1) is 6.10 Å². The van der Waals surface area contributed by atoms with Crippen molar-refractivity contribution < 1.29 is 14.5 Å². The molecule has 0 saturated carbocycles. The van der Waals surface area contributed by atoms with E-state index >= 15 is 0 Å². The molecule has 2 N–H and O–H groups in total. The summed E-state index contributed by atoms with van der Waals surface area (Å²) in [4.78, 5) is 16.7. The van der Waals surface area contributed by atoms with Gasteiger partial charge in [0.15, 0.2) is 14.2 Å². The summed E-state index contributed by atoms with van der Waals surface area (Å²) in [5.74, 6) is -0.255. The van der Waals surface area contributed by atoms with Crippen molar-refractivity contribution in [1.82, 2.24) is 0 Å². The first kappa shape index (κ1) is 5.45. The molecule has 0 spiro atoms. The van der Waals surface area contributed by atoms with E-state index in [0.29, 0.717) is 0 Å².